The maximum absolute atomic E-state index is 10.6. The number of halogens is 3. The third-order valence-corrected chi connectivity index (χ3v) is 1.15. The second-order valence-electron chi connectivity index (χ2n) is 2.49. The number of carbonyl (C=O) groups is 3. The number of Topliss-reactive ketones (excluding diaryl/α,β-unsaturated/α-hetero) is 1. The Balaban J connectivity index is -0.000000202. The topological polar surface area (TPSA) is 71.4 Å². The number of hydrogen-bond acceptors (Lipinski definition) is 3. The van der Waals surface area contributed by atoms with Crippen LogP contribution < -0.4 is 0 Å². The molecule has 1 N–H and O–H groups in total. The van der Waals surface area contributed by atoms with Gasteiger partial charge < -0.3 is 5.11 Å². The number of ketones is 1. The number of rotatable bonds is 4. The molecule has 0 atom stereocenters. The Kier molecular flexibility index (Phi) is 15.1. The van der Waals surface area contributed by atoms with Crippen LogP contribution >= 0.6 is 0 Å². The summed E-state index contributed by atoms with van der Waals surface area (Å²) < 4.78 is 31.7. The molecule has 0 rings (SSSR count). The van der Waals surface area contributed by atoms with Gasteiger partial charge in [0.2, 0.25) is 0 Å². The van der Waals surface area contributed by atoms with Crippen LogP contribution in [-0.2, 0) is 14.4 Å². The van der Waals surface area contributed by atoms with Crippen molar-refractivity contribution in [1.29, 1.82) is 0 Å². The first kappa shape index (κ1) is 20.7. The van der Waals surface area contributed by atoms with E-state index in [1.807, 2.05) is 6.92 Å². The zero-order valence-electron chi connectivity index (χ0n) is 9.42. The van der Waals surface area contributed by atoms with E-state index in [4.69, 9.17) is 9.90 Å². The normalized spacial score (nSPS) is 8.94. The van der Waals surface area contributed by atoms with Crippen molar-refractivity contribution in [3.8, 4) is 0 Å². The van der Waals surface area contributed by atoms with E-state index in [9.17, 15) is 22.8 Å². The molecule has 0 fully saturated rings. The van der Waals surface area contributed by atoms with Crippen molar-refractivity contribution >= 4 is 18.0 Å². The van der Waals surface area contributed by atoms with Crippen LogP contribution in [0.4, 0.5) is 13.2 Å². The summed E-state index contributed by atoms with van der Waals surface area (Å²) in [6.07, 6.45) is -2.48. The highest BCUT2D eigenvalue weighted by atomic mass is 19.4. The highest BCUT2D eigenvalue weighted by molar-refractivity contribution is 6.24. The summed E-state index contributed by atoms with van der Waals surface area (Å²) in [4.78, 5) is 28.8. The molecule has 0 heterocycles. The van der Waals surface area contributed by atoms with Crippen LogP contribution in [0.1, 0.15) is 26.2 Å². The molecule has 100 valence electrons. The van der Waals surface area contributed by atoms with E-state index in [-0.39, 0.29) is 5.78 Å². The third-order valence-electron chi connectivity index (χ3n) is 1.15. The zero-order chi connectivity index (χ0) is 14.5. The van der Waals surface area contributed by atoms with Crippen molar-refractivity contribution < 1.29 is 32.7 Å². The van der Waals surface area contributed by atoms with Gasteiger partial charge in [0.25, 0.3) is 0 Å². The van der Waals surface area contributed by atoms with Gasteiger partial charge in [-0.05, 0) is 6.42 Å². The Labute approximate surface area is 97.1 Å². The van der Waals surface area contributed by atoms with Crippen molar-refractivity contribution in [2.75, 3.05) is 0 Å². The van der Waals surface area contributed by atoms with Crippen LogP contribution in [0.2, 0.25) is 0 Å². The second-order valence-corrected chi connectivity index (χ2v) is 2.49. The number of carbonyl (C=O) groups excluding carboxylic acids is 2. The predicted molar refractivity (Wildman–Crippen MR) is 55.5 cm³/mol. The monoisotopic (exact) mass is 256 g/mol. The average Bonchev–Trinajstić information content (AvgIpc) is 2.28. The first-order chi connectivity index (χ1) is 7.75. The predicted octanol–water partition coefficient (Wildman–Crippen LogP) is 2.38. The van der Waals surface area contributed by atoms with Crippen molar-refractivity contribution in [3.63, 3.8) is 0 Å². The van der Waals surface area contributed by atoms with E-state index < -0.39 is 12.1 Å². The van der Waals surface area contributed by atoms with Gasteiger partial charge in [-0.1, -0.05) is 13.3 Å². The zero-order valence-corrected chi connectivity index (χ0v) is 9.42. The summed E-state index contributed by atoms with van der Waals surface area (Å²) in [6, 6.07) is 0. The summed E-state index contributed by atoms with van der Waals surface area (Å²) >= 11 is 0. The minimum absolute atomic E-state index is 0.285. The Hall–Kier alpha value is -1.66. The van der Waals surface area contributed by atoms with Gasteiger partial charge in [-0.2, -0.15) is 13.2 Å². The molecule has 7 heteroatoms. The first-order valence-electron chi connectivity index (χ1n) is 4.53. The SMILES string of the molecule is C=C.CCCCC(=O)C=O.O=C(O)C(F)(F)F. The molecule has 0 amide bonds. The lowest BCUT2D eigenvalue weighted by Crippen LogP contribution is -2.21. The minimum atomic E-state index is -5.08. The molecule has 0 saturated carbocycles. The van der Waals surface area contributed by atoms with Crippen molar-refractivity contribution in [2.24, 2.45) is 0 Å². The molecule has 0 aromatic carbocycles. The van der Waals surface area contributed by atoms with Gasteiger partial charge in [0.05, 0.1) is 0 Å². The molecule has 0 aromatic rings. The molecular formula is C10H15F3O4. The maximum Gasteiger partial charge on any atom is 0.490 e. The van der Waals surface area contributed by atoms with E-state index in [0.717, 1.165) is 12.8 Å². The first-order valence-corrected chi connectivity index (χ1v) is 4.53. The molecule has 0 aliphatic carbocycles. The molecule has 0 bridgehead atoms. The van der Waals surface area contributed by atoms with Crippen LogP contribution in [0, 0.1) is 0 Å². The third kappa shape index (κ3) is 20.4. The van der Waals surface area contributed by atoms with Gasteiger partial charge in [-0.3, -0.25) is 9.59 Å². The molecule has 0 unspecified atom stereocenters. The summed E-state index contributed by atoms with van der Waals surface area (Å²) in [6.45, 7) is 7.98. The Bertz CT molecular complexity index is 236. The molecular weight excluding hydrogens is 241 g/mol. The summed E-state index contributed by atoms with van der Waals surface area (Å²) in [5.74, 6) is -3.04. The van der Waals surface area contributed by atoms with Gasteiger partial charge in [0.15, 0.2) is 12.1 Å². The number of aliphatic carboxylic acids is 1. The molecule has 17 heavy (non-hydrogen) atoms. The standard InChI is InChI=1S/C6H10O2.C2HF3O2.C2H4/c1-2-3-4-6(8)5-7;3-2(4,5)1(6)7;1-2/h5H,2-4H2,1H3;(H,6,7);1-2H2. The molecule has 0 radical (unpaired) electrons. The van der Waals surface area contributed by atoms with Gasteiger partial charge in [-0.15, -0.1) is 13.2 Å². The van der Waals surface area contributed by atoms with Crippen molar-refractivity contribution in [1.82, 2.24) is 0 Å². The van der Waals surface area contributed by atoms with Crippen molar-refractivity contribution in [3.05, 3.63) is 13.2 Å². The molecule has 0 spiro atoms. The smallest absolute Gasteiger partial charge is 0.475 e. The number of unbranched alkanes of at least 4 members (excludes halogenated alkanes) is 1. The molecule has 4 nitrogen and oxygen atoms in total. The van der Waals surface area contributed by atoms with E-state index in [1.54, 1.807) is 0 Å². The number of aldehydes is 1. The fourth-order valence-electron chi connectivity index (χ4n) is 0.410. The fraction of sp³-hybridized carbons (Fsp3) is 0.500. The van der Waals surface area contributed by atoms with Crippen LogP contribution in [0.3, 0.4) is 0 Å². The van der Waals surface area contributed by atoms with Gasteiger partial charge in [-0.25, -0.2) is 4.79 Å². The van der Waals surface area contributed by atoms with Gasteiger partial charge >= 0.3 is 12.1 Å². The summed E-state index contributed by atoms with van der Waals surface area (Å²) in [7, 11) is 0. The summed E-state index contributed by atoms with van der Waals surface area (Å²) in [5.41, 5.74) is 0. The van der Waals surface area contributed by atoms with Crippen LogP contribution in [-0.4, -0.2) is 29.3 Å². The van der Waals surface area contributed by atoms with Gasteiger partial charge in [0, 0.05) is 6.42 Å². The number of carboxylic acid groups (broad SMARTS) is 1. The molecule has 0 aliphatic rings. The average molecular weight is 256 g/mol. The molecule has 0 saturated heterocycles. The van der Waals surface area contributed by atoms with Crippen LogP contribution in [0.15, 0.2) is 13.2 Å². The second kappa shape index (κ2) is 12.4. The van der Waals surface area contributed by atoms with Crippen LogP contribution in [0.5, 0.6) is 0 Å². The highest BCUT2D eigenvalue weighted by Crippen LogP contribution is 2.13. The van der Waals surface area contributed by atoms with E-state index >= 15 is 0 Å². The Morgan fingerprint density at radius 1 is 1.29 bits per heavy atom. The lowest BCUT2D eigenvalue weighted by molar-refractivity contribution is -0.192. The lowest BCUT2D eigenvalue weighted by Gasteiger charge is -1.93. The highest BCUT2D eigenvalue weighted by Gasteiger charge is 2.38. The summed E-state index contributed by atoms with van der Waals surface area (Å²) in [5, 5.41) is 7.12. The molecule has 0 aromatic heterocycles. The quantitative estimate of drug-likeness (QED) is 0.476. The number of alkyl halides is 3. The minimum Gasteiger partial charge on any atom is -0.475 e. The fourth-order valence-corrected chi connectivity index (χ4v) is 0.410. The van der Waals surface area contributed by atoms with E-state index in [0.29, 0.717) is 12.7 Å². The van der Waals surface area contributed by atoms with E-state index in [2.05, 4.69) is 13.2 Å². The Morgan fingerprint density at radius 3 is 1.82 bits per heavy atom. The van der Waals surface area contributed by atoms with Crippen molar-refractivity contribution in [2.45, 2.75) is 32.4 Å². The van der Waals surface area contributed by atoms with Crippen LogP contribution in [0.25, 0.3) is 0 Å². The van der Waals surface area contributed by atoms with Gasteiger partial charge in [0.1, 0.15) is 0 Å². The Morgan fingerprint density at radius 2 is 1.65 bits per heavy atom. The lowest BCUT2D eigenvalue weighted by atomic mass is 10.2. The largest absolute Gasteiger partial charge is 0.490 e. The maximum atomic E-state index is 10.6. The number of carboxylic acids is 1. The number of hydrogen-bond donors (Lipinski definition) is 1. The molecule has 0 aliphatic heterocycles. The van der Waals surface area contributed by atoms with E-state index in [1.165, 1.54) is 0 Å².